The summed E-state index contributed by atoms with van der Waals surface area (Å²) < 4.78 is 25.2. The van der Waals surface area contributed by atoms with Crippen LogP contribution < -0.4 is 11.5 Å². The van der Waals surface area contributed by atoms with E-state index in [2.05, 4.69) is 16.9 Å². The third-order valence-corrected chi connectivity index (χ3v) is 9.43. The number of aliphatic hydroxyl groups is 1. The van der Waals surface area contributed by atoms with Gasteiger partial charge in [-0.1, -0.05) is 90.4 Å². The summed E-state index contributed by atoms with van der Waals surface area (Å²) in [6.07, 6.45) is 20.7. The Labute approximate surface area is 264 Å². The highest BCUT2D eigenvalue weighted by Crippen LogP contribution is 2.43. The Bertz CT molecular complexity index is 1140. The van der Waals surface area contributed by atoms with Crippen molar-refractivity contribution >= 4 is 30.4 Å². The molecular weight excluding hydrogens is 581 g/mol. The molecule has 0 saturated heterocycles. The van der Waals surface area contributed by atoms with Gasteiger partial charge >= 0.3 is 7.60 Å². The van der Waals surface area contributed by atoms with Gasteiger partial charge in [0.05, 0.1) is 23.7 Å². The van der Waals surface area contributed by atoms with Crippen molar-refractivity contribution in [3.8, 4) is 0 Å². The summed E-state index contributed by atoms with van der Waals surface area (Å²) in [4.78, 5) is 30.7. The number of rotatable bonds is 27. The molecule has 0 radical (unpaired) electrons. The number of aryl methyl sites for hydroxylation is 1. The van der Waals surface area contributed by atoms with Crippen LogP contribution >= 0.6 is 7.60 Å². The summed E-state index contributed by atoms with van der Waals surface area (Å²) in [7, 11) is -3.83. The summed E-state index contributed by atoms with van der Waals surface area (Å²) >= 11 is 0. The van der Waals surface area contributed by atoms with Crippen LogP contribution in [0.5, 0.6) is 0 Å². The van der Waals surface area contributed by atoms with Gasteiger partial charge in [-0.2, -0.15) is 0 Å². The SMILES string of the molecule is CCCCCCCCCCCCCCCCOCCCOP(=O)(O)CCC(CO)Cn1cc(C(N)=O)c2c(N)nc(C)nc21. The molecule has 0 saturated carbocycles. The number of amides is 1. The second-order valence-electron chi connectivity index (χ2n) is 12.0. The number of hydrogen-bond acceptors (Lipinski definition) is 8. The molecule has 11 nitrogen and oxygen atoms in total. The zero-order valence-electron chi connectivity index (χ0n) is 27.2. The van der Waals surface area contributed by atoms with E-state index in [1.54, 1.807) is 11.5 Å². The van der Waals surface area contributed by atoms with Gasteiger partial charge in [-0.25, -0.2) is 9.97 Å². The molecule has 2 unspecified atom stereocenters. The van der Waals surface area contributed by atoms with E-state index in [0.717, 1.165) is 6.42 Å². The second-order valence-corrected chi connectivity index (χ2v) is 14.0. The van der Waals surface area contributed by atoms with Crippen molar-refractivity contribution in [2.75, 3.05) is 38.3 Å². The van der Waals surface area contributed by atoms with Gasteiger partial charge in [0.1, 0.15) is 17.3 Å². The summed E-state index contributed by atoms with van der Waals surface area (Å²) in [6.45, 7) is 5.31. The van der Waals surface area contributed by atoms with Crippen LogP contribution in [0.3, 0.4) is 0 Å². The number of unbranched alkanes of at least 4 members (excludes halogenated alkanes) is 13. The standard InChI is InChI=1S/C32H58N5O6P/c1-3-4-5-6-7-8-9-10-11-12-13-14-15-16-19-42-20-17-21-43-44(40,41)22-18-27(25-38)23-37-24-28(31(34)39)29-30(33)35-26(2)36-32(29)37/h24,27,38H,3-23,25H2,1-2H3,(H2,34,39)(H,40,41)(H2,33,35,36). The maximum Gasteiger partial charge on any atom is 0.328 e. The number of hydrogen-bond donors (Lipinski definition) is 4. The van der Waals surface area contributed by atoms with Crippen LogP contribution in [-0.4, -0.2) is 63.0 Å². The van der Waals surface area contributed by atoms with Gasteiger partial charge in [0.25, 0.3) is 5.91 Å². The van der Waals surface area contributed by atoms with Crippen LogP contribution in [-0.2, 0) is 20.4 Å². The van der Waals surface area contributed by atoms with Crippen molar-refractivity contribution in [1.29, 1.82) is 0 Å². The van der Waals surface area contributed by atoms with Gasteiger partial charge in [0.15, 0.2) is 0 Å². The number of ether oxygens (including phenoxy) is 1. The number of aromatic nitrogens is 3. The Hall–Kier alpha value is -2.04. The molecule has 2 aromatic heterocycles. The minimum Gasteiger partial charge on any atom is -0.396 e. The first-order valence-corrected chi connectivity index (χ1v) is 18.5. The highest BCUT2D eigenvalue weighted by Gasteiger charge is 2.24. The number of nitrogens with zero attached hydrogens (tertiary/aromatic N) is 3. The molecule has 0 fully saturated rings. The molecule has 0 aliphatic carbocycles. The van der Waals surface area contributed by atoms with Crippen molar-refractivity contribution in [2.45, 2.75) is 123 Å². The Morgan fingerprint density at radius 2 is 1.50 bits per heavy atom. The zero-order valence-corrected chi connectivity index (χ0v) is 28.1. The van der Waals surface area contributed by atoms with Gasteiger partial charge in [-0.05, 0) is 26.2 Å². The summed E-state index contributed by atoms with van der Waals surface area (Å²) in [5.41, 5.74) is 12.1. The lowest BCUT2D eigenvalue weighted by Gasteiger charge is -2.18. The number of carbonyl (C=O) groups excluding carboxylic acids is 1. The van der Waals surface area contributed by atoms with E-state index in [0.29, 0.717) is 36.5 Å². The van der Waals surface area contributed by atoms with E-state index in [1.807, 2.05) is 0 Å². The molecule has 2 atom stereocenters. The third-order valence-electron chi connectivity index (χ3n) is 8.02. The molecule has 0 spiro atoms. The molecule has 2 heterocycles. The van der Waals surface area contributed by atoms with E-state index >= 15 is 0 Å². The van der Waals surface area contributed by atoms with Crippen molar-refractivity contribution < 1.29 is 28.6 Å². The number of carbonyl (C=O) groups is 1. The second kappa shape index (κ2) is 21.7. The molecule has 44 heavy (non-hydrogen) atoms. The molecular formula is C32H58N5O6P. The van der Waals surface area contributed by atoms with Gasteiger partial charge in [-0.3, -0.25) is 9.36 Å². The van der Waals surface area contributed by atoms with Gasteiger partial charge in [0, 0.05) is 38.5 Å². The number of anilines is 1. The van der Waals surface area contributed by atoms with Crippen molar-refractivity contribution in [2.24, 2.45) is 11.7 Å². The maximum absolute atomic E-state index is 12.6. The van der Waals surface area contributed by atoms with E-state index < -0.39 is 13.5 Å². The fraction of sp³-hybridized carbons (Fsp3) is 0.781. The highest BCUT2D eigenvalue weighted by atomic mass is 31.2. The zero-order chi connectivity index (χ0) is 32.2. The van der Waals surface area contributed by atoms with Crippen LogP contribution in [0.25, 0.3) is 11.0 Å². The normalized spacial score (nSPS) is 13.8. The Balaban J connectivity index is 1.53. The molecule has 12 heteroatoms. The van der Waals surface area contributed by atoms with E-state index in [4.69, 9.17) is 20.7 Å². The number of nitrogens with two attached hydrogens (primary N) is 2. The largest absolute Gasteiger partial charge is 0.396 e. The van der Waals surface area contributed by atoms with Crippen molar-refractivity contribution in [3.05, 3.63) is 17.6 Å². The molecule has 0 aromatic carbocycles. The number of aliphatic hydroxyl groups excluding tert-OH is 1. The minimum atomic E-state index is -3.83. The molecule has 1 amide bonds. The first-order valence-electron chi connectivity index (χ1n) is 16.8. The monoisotopic (exact) mass is 639 g/mol. The predicted molar refractivity (Wildman–Crippen MR) is 177 cm³/mol. The van der Waals surface area contributed by atoms with Crippen LogP contribution in [0, 0.1) is 12.8 Å². The lowest BCUT2D eigenvalue weighted by Crippen LogP contribution is -2.17. The highest BCUT2D eigenvalue weighted by molar-refractivity contribution is 7.52. The fourth-order valence-electron chi connectivity index (χ4n) is 5.45. The molecule has 2 rings (SSSR count). The number of primary amides is 1. The number of fused-ring (bicyclic) bond motifs is 1. The average Bonchev–Trinajstić information content (AvgIpc) is 3.35. The van der Waals surface area contributed by atoms with Crippen molar-refractivity contribution in [1.82, 2.24) is 14.5 Å². The maximum atomic E-state index is 12.6. The smallest absolute Gasteiger partial charge is 0.328 e. The Morgan fingerprint density at radius 1 is 0.932 bits per heavy atom. The van der Waals surface area contributed by atoms with Crippen LogP contribution in [0.4, 0.5) is 5.82 Å². The van der Waals surface area contributed by atoms with Gasteiger partial charge in [-0.15, -0.1) is 0 Å². The molecule has 0 aliphatic rings. The van der Waals surface area contributed by atoms with Gasteiger partial charge < -0.3 is 35.3 Å². The molecule has 2 aromatic rings. The first-order chi connectivity index (χ1) is 21.2. The summed E-state index contributed by atoms with van der Waals surface area (Å²) in [5.74, 6) is -0.453. The van der Waals surface area contributed by atoms with E-state index in [1.165, 1.54) is 89.7 Å². The average molecular weight is 640 g/mol. The molecule has 0 bridgehead atoms. The fourth-order valence-corrected chi connectivity index (χ4v) is 6.69. The predicted octanol–water partition coefficient (Wildman–Crippen LogP) is 6.51. The Kier molecular flexibility index (Phi) is 18.8. The molecule has 252 valence electrons. The van der Waals surface area contributed by atoms with Crippen molar-refractivity contribution in [3.63, 3.8) is 0 Å². The lowest BCUT2D eigenvalue weighted by atomic mass is 10.0. The van der Waals surface area contributed by atoms with Gasteiger partial charge in [0.2, 0.25) is 0 Å². The third kappa shape index (κ3) is 14.8. The molecule has 0 aliphatic heterocycles. The first kappa shape index (κ1) is 38.1. The van der Waals surface area contributed by atoms with Crippen LogP contribution in [0.15, 0.2) is 6.20 Å². The lowest BCUT2D eigenvalue weighted by molar-refractivity contribution is 0.100. The van der Waals surface area contributed by atoms with E-state index in [9.17, 15) is 19.4 Å². The Morgan fingerprint density at radius 3 is 2.07 bits per heavy atom. The minimum absolute atomic E-state index is 0.101. The summed E-state index contributed by atoms with van der Waals surface area (Å²) in [6, 6.07) is 0. The molecule has 6 N–H and O–H groups in total. The van der Waals surface area contributed by atoms with Crippen LogP contribution in [0.1, 0.15) is 126 Å². The van der Waals surface area contributed by atoms with Crippen LogP contribution in [0.2, 0.25) is 0 Å². The topological polar surface area (TPSA) is 176 Å². The number of nitrogen functional groups attached to an aromatic ring is 1. The quantitative estimate of drug-likeness (QED) is 0.0627. The van der Waals surface area contributed by atoms with E-state index in [-0.39, 0.29) is 49.6 Å². The summed E-state index contributed by atoms with van der Waals surface area (Å²) in [5, 5.41) is 10.3.